The second-order valence-electron chi connectivity index (χ2n) is 8.25. The van der Waals surface area contributed by atoms with E-state index >= 15 is 0 Å². The Hall–Kier alpha value is -3.17. The lowest BCUT2D eigenvalue weighted by Gasteiger charge is -2.29. The molecule has 2 saturated heterocycles. The molecule has 1 N–H and O–H groups in total. The minimum absolute atomic E-state index is 0.00957. The minimum Gasteiger partial charge on any atom is -0.368 e. The highest BCUT2D eigenvalue weighted by atomic mass is 16.5. The summed E-state index contributed by atoms with van der Waals surface area (Å²) in [5, 5.41) is 2.87. The number of amides is 2. The standard InChI is InChI=1S/C25H27N3O3/c1-2-12-27-24(30)25(11-14-28(18-25)23(29)22-10-6-15-31-22)16-19-7-3-4-9-21(19)20-8-5-13-26-17-20/h1,3-5,7-9,13,17,22H,6,10-12,14-16,18H2,(H,27,30)/t22-,25-/m0/s1. The summed E-state index contributed by atoms with van der Waals surface area (Å²) in [5.41, 5.74) is 2.37. The summed E-state index contributed by atoms with van der Waals surface area (Å²) in [4.78, 5) is 32.2. The molecule has 3 heterocycles. The fourth-order valence-electron chi connectivity index (χ4n) is 4.61. The molecule has 2 fully saturated rings. The third-order valence-electron chi connectivity index (χ3n) is 6.22. The molecular formula is C25H27N3O3. The van der Waals surface area contributed by atoms with Gasteiger partial charge in [0.2, 0.25) is 5.91 Å². The Morgan fingerprint density at radius 3 is 2.90 bits per heavy atom. The molecule has 0 saturated carbocycles. The maximum atomic E-state index is 13.3. The van der Waals surface area contributed by atoms with Gasteiger partial charge >= 0.3 is 0 Å². The summed E-state index contributed by atoms with van der Waals surface area (Å²) < 4.78 is 5.59. The SMILES string of the molecule is C#CCNC(=O)[C@]1(Cc2ccccc2-c2cccnc2)CCN(C(=O)[C@@H]2CCCO2)C1. The highest BCUT2D eigenvalue weighted by molar-refractivity contribution is 5.87. The summed E-state index contributed by atoms with van der Waals surface area (Å²) in [6.45, 7) is 1.70. The molecule has 2 aliphatic rings. The van der Waals surface area contributed by atoms with Crippen LogP contribution >= 0.6 is 0 Å². The number of nitrogens with zero attached hydrogens (tertiary/aromatic N) is 2. The van der Waals surface area contributed by atoms with E-state index in [1.807, 2.05) is 42.6 Å². The molecule has 160 valence electrons. The van der Waals surface area contributed by atoms with Gasteiger partial charge in [0, 0.05) is 37.7 Å². The summed E-state index contributed by atoms with van der Waals surface area (Å²) in [5.74, 6) is 2.37. The summed E-state index contributed by atoms with van der Waals surface area (Å²) in [6.07, 6.45) is 11.3. The molecule has 2 aliphatic heterocycles. The molecule has 0 spiro atoms. The molecule has 0 unspecified atom stereocenters. The zero-order valence-corrected chi connectivity index (χ0v) is 17.5. The van der Waals surface area contributed by atoms with Gasteiger partial charge in [0.15, 0.2) is 0 Å². The van der Waals surface area contributed by atoms with Crippen molar-refractivity contribution < 1.29 is 14.3 Å². The Labute approximate surface area is 183 Å². The first-order valence-corrected chi connectivity index (χ1v) is 10.7. The molecular weight excluding hydrogens is 390 g/mol. The van der Waals surface area contributed by atoms with Crippen molar-refractivity contribution in [3.63, 3.8) is 0 Å². The van der Waals surface area contributed by atoms with E-state index < -0.39 is 5.41 Å². The number of hydrogen-bond acceptors (Lipinski definition) is 4. The molecule has 6 heteroatoms. The van der Waals surface area contributed by atoms with Crippen LogP contribution in [0.25, 0.3) is 11.1 Å². The second kappa shape index (κ2) is 9.32. The van der Waals surface area contributed by atoms with Crippen molar-refractivity contribution in [3.8, 4) is 23.5 Å². The van der Waals surface area contributed by atoms with Crippen LogP contribution in [0, 0.1) is 17.8 Å². The van der Waals surface area contributed by atoms with Gasteiger partial charge in [0.05, 0.1) is 12.0 Å². The topological polar surface area (TPSA) is 71.5 Å². The Bertz CT molecular complexity index is 979. The van der Waals surface area contributed by atoms with Gasteiger partial charge in [-0.15, -0.1) is 6.42 Å². The minimum atomic E-state index is -0.733. The van der Waals surface area contributed by atoms with Crippen LogP contribution in [0.2, 0.25) is 0 Å². The first-order chi connectivity index (χ1) is 15.1. The summed E-state index contributed by atoms with van der Waals surface area (Å²) >= 11 is 0. The van der Waals surface area contributed by atoms with Crippen molar-refractivity contribution in [2.45, 2.75) is 31.8 Å². The van der Waals surface area contributed by atoms with Crippen LogP contribution in [-0.2, 0) is 20.7 Å². The summed E-state index contributed by atoms with van der Waals surface area (Å²) in [7, 11) is 0. The van der Waals surface area contributed by atoms with Crippen molar-refractivity contribution in [2.24, 2.45) is 5.41 Å². The van der Waals surface area contributed by atoms with Crippen molar-refractivity contribution in [2.75, 3.05) is 26.2 Å². The Morgan fingerprint density at radius 1 is 1.29 bits per heavy atom. The maximum absolute atomic E-state index is 13.3. The van der Waals surface area contributed by atoms with E-state index in [-0.39, 0.29) is 24.5 Å². The van der Waals surface area contributed by atoms with Gasteiger partial charge in [0.25, 0.3) is 5.91 Å². The highest BCUT2D eigenvalue weighted by Gasteiger charge is 2.47. The van der Waals surface area contributed by atoms with Crippen molar-refractivity contribution in [3.05, 3.63) is 54.4 Å². The average Bonchev–Trinajstić information content (AvgIpc) is 3.49. The van der Waals surface area contributed by atoms with Crippen LogP contribution in [0.15, 0.2) is 48.8 Å². The molecule has 2 amide bonds. The number of likely N-dealkylation sites (tertiary alicyclic amines) is 1. The number of benzene rings is 1. The molecule has 4 rings (SSSR count). The fourth-order valence-corrected chi connectivity index (χ4v) is 4.61. The van der Waals surface area contributed by atoms with Gasteiger partial charge < -0.3 is 15.0 Å². The van der Waals surface area contributed by atoms with Gasteiger partial charge in [-0.05, 0) is 42.9 Å². The number of nitrogens with one attached hydrogen (secondary N) is 1. The number of terminal acetylenes is 1. The van der Waals surface area contributed by atoms with Crippen molar-refractivity contribution >= 4 is 11.8 Å². The molecule has 6 nitrogen and oxygen atoms in total. The second-order valence-corrected chi connectivity index (χ2v) is 8.25. The molecule has 1 aromatic heterocycles. The van der Waals surface area contributed by atoms with Crippen LogP contribution < -0.4 is 5.32 Å². The zero-order chi connectivity index (χ0) is 21.7. The van der Waals surface area contributed by atoms with E-state index in [0.717, 1.165) is 29.5 Å². The van der Waals surface area contributed by atoms with Gasteiger partial charge in [-0.3, -0.25) is 14.6 Å². The zero-order valence-electron chi connectivity index (χ0n) is 17.5. The third kappa shape index (κ3) is 4.47. The van der Waals surface area contributed by atoms with E-state index in [4.69, 9.17) is 11.2 Å². The van der Waals surface area contributed by atoms with E-state index in [1.54, 1.807) is 11.1 Å². The number of hydrogen-bond donors (Lipinski definition) is 1. The number of carbonyl (C=O) groups excluding carboxylic acids is 2. The van der Waals surface area contributed by atoms with Crippen LogP contribution in [0.4, 0.5) is 0 Å². The normalized spacial score (nSPS) is 22.8. The Balaban J connectivity index is 1.62. The third-order valence-corrected chi connectivity index (χ3v) is 6.22. The first kappa shape index (κ1) is 21.1. The largest absolute Gasteiger partial charge is 0.368 e. The van der Waals surface area contributed by atoms with Gasteiger partial charge in [-0.1, -0.05) is 36.3 Å². The van der Waals surface area contributed by atoms with E-state index in [2.05, 4.69) is 16.2 Å². The van der Waals surface area contributed by atoms with Crippen molar-refractivity contribution in [1.29, 1.82) is 0 Å². The summed E-state index contributed by atoms with van der Waals surface area (Å²) in [6, 6.07) is 12.0. The van der Waals surface area contributed by atoms with Gasteiger partial charge in [-0.25, -0.2) is 0 Å². The van der Waals surface area contributed by atoms with Gasteiger partial charge in [0.1, 0.15) is 6.10 Å². The predicted octanol–water partition coefficient (Wildman–Crippen LogP) is 2.44. The van der Waals surface area contributed by atoms with Crippen LogP contribution in [0.5, 0.6) is 0 Å². The molecule has 31 heavy (non-hydrogen) atoms. The lowest BCUT2D eigenvalue weighted by atomic mass is 9.78. The van der Waals surface area contributed by atoms with E-state index in [1.165, 1.54) is 0 Å². The Morgan fingerprint density at radius 2 is 2.16 bits per heavy atom. The highest BCUT2D eigenvalue weighted by Crippen LogP contribution is 2.38. The average molecular weight is 418 g/mol. The maximum Gasteiger partial charge on any atom is 0.251 e. The van der Waals surface area contributed by atoms with Crippen LogP contribution in [0.3, 0.4) is 0 Å². The number of aromatic nitrogens is 1. The van der Waals surface area contributed by atoms with Crippen LogP contribution in [-0.4, -0.2) is 54.0 Å². The van der Waals surface area contributed by atoms with E-state index in [0.29, 0.717) is 32.5 Å². The molecule has 0 radical (unpaired) electrons. The molecule has 0 aliphatic carbocycles. The fraction of sp³-hybridized carbons (Fsp3) is 0.400. The number of ether oxygens (including phenoxy) is 1. The first-order valence-electron chi connectivity index (χ1n) is 10.7. The predicted molar refractivity (Wildman–Crippen MR) is 118 cm³/mol. The molecule has 1 aromatic carbocycles. The lowest BCUT2D eigenvalue weighted by molar-refractivity contribution is -0.141. The molecule has 2 atom stereocenters. The quantitative estimate of drug-likeness (QED) is 0.733. The lowest BCUT2D eigenvalue weighted by Crippen LogP contribution is -2.46. The Kier molecular flexibility index (Phi) is 6.34. The number of carbonyl (C=O) groups is 2. The number of rotatable bonds is 6. The van der Waals surface area contributed by atoms with Gasteiger partial charge in [-0.2, -0.15) is 0 Å². The smallest absolute Gasteiger partial charge is 0.251 e. The van der Waals surface area contributed by atoms with Crippen LogP contribution in [0.1, 0.15) is 24.8 Å². The molecule has 2 aromatic rings. The number of pyridine rings is 1. The monoisotopic (exact) mass is 417 g/mol. The van der Waals surface area contributed by atoms with E-state index in [9.17, 15) is 9.59 Å². The molecule has 0 bridgehead atoms. The van der Waals surface area contributed by atoms with Crippen molar-refractivity contribution in [1.82, 2.24) is 15.2 Å².